The maximum Gasteiger partial charge on any atom is 0.255 e. The van der Waals surface area contributed by atoms with E-state index in [1.807, 2.05) is 11.4 Å². The van der Waals surface area contributed by atoms with Gasteiger partial charge < -0.3 is 10.4 Å². The van der Waals surface area contributed by atoms with Gasteiger partial charge in [0.05, 0.1) is 5.56 Å². The van der Waals surface area contributed by atoms with Gasteiger partial charge in [-0.3, -0.25) is 4.79 Å². The second kappa shape index (κ2) is 5.97. The SMILES string of the molecule is CC(C)(CNC(=O)c1cc(Br)ccc1O)c1cccs1. The third-order valence-corrected chi connectivity index (χ3v) is 4.81. The second-order valence-electron chi connectivity index (χ2n) is 5.21. The van der Waals surface area contributed by atoms with Crippen LogP contribution in [0.1, 0.15) is 29.1 Å². The van der Waals surface area contributed by atoms with E-state index in [0.717, 1.165) is 4.47 Å². The number of phenolic OH excluding ortho intramolecular Hbond substituents is 1. The molecule has 0 unspecified atom stereocenters. The molecule has 1 amide bonds. The van der Waals surface area contributed by atoms with Crippen molar-refractivity contribution in [2.75, 3.05) is 6.54 Å². The molecule has 0 radical (unpaired) electrons. The summed E-state index contributed by atoms with van der Waals surface area (Å²) in [6, 6.07) is 8.88. The van der Waals surface area contributed by atoms with Crippen LogP contribution in [0.25, 0.3) is 0 Å². The van der Waals surface area contributed by atoms with Crippen LogP contribution in [0.5, 0.6) is 5.75 Å². The van der Waals surface area contributed by atoms with Crippen molar-refractivity contribution in [1.29, 1.82) is 0 Å². The highest BCUT2D eigenvalue weighted by molar-refractivity contribution is 9.10. The Morgan fingerprint density at radius 2 is 2.15 bits per heavy atom. The summed E-state index contributed by atoms with van der Waals surface area (Å²) in [6.45, 7) is 4.68. The number of amides is 1. The summed E-state index contributed by atoms with van der Waals surface area (Å²) in [5.41, 5.74) is 0.146. The molecule has 106 valence electrons. The number of carbonyl (C=O) groups excluding carboxylic acids is 1. The molecule has 20 heavy (non-hydrogen) atoms. The van der Waals surface area contributed by atoms with E-state index < -0.39 is 0 Å². The van der Waals surface area contributed by atoms with Crippen molar-refractivity contribution >= 4 is 33.2 Å². The molecule has 0 spiro atoms. The van der Waals surface area contributed by atoms with Crippen LogP contribution in [0.2, 0.25) is 0 Å². The molecule has 1 heterocycles. The third kappa shape index (κ3) is 3.41. The van der Waals surface area contributed by atoms with Crippen molar-refractivity contribution in [1.82, 2.24) is 5.32 Å². The van der Waals surface area contributed by atoms with Gasteiger partial charge in [-0.25, -0.2) is 0 Å². The van der Waals surface area contributed by atoms with Gasteiger partial charge in [-0.2, -0.15) is 0 Å². The summed E-state index contributed by atoms with van der Waals surface area (Å²) in [4.78, 5) is 13.4. The maximum absolute atomic E-state index is 12.1. The molecule has 1 aromatic heterocycles. The number of rotatable bonds is 4. The van der Waals surface area contributed by atoms with E-state index in [1.165, 1.54) is 10.9 Å². The van der Waals surface area contributed by atoms with Crippen molar-refractivity contribution in [2.45, 2.75) is 19.3 Å². The van der Waals surface area contributed by atoms with E-state index in [9.17, 15) is 9.90 Å². The standard InChI is InChI=1S/C15H16BrNO2S/c1-15(2,13-4-3-7-20-13)9-17-14(19)11-8-10(16)5-6-12(11)18/h3-8,18H,9H2,1-2H3,(H,17,19). The van der Waals surface area contributed by atoms with E-state index >= 15 is 0 Å². The molecule has 1 aromatic carbocycles. The van der Waals surface area contributed by atoms with Gasteiger partial charge in [0.2, 0.25) is 0 Å². The fourth-order valence-corrected chi connectivity index (χ4v) is 3.05. The van der Waals surface area contributed by atoms with Crippen molar-refractivity contribution in [2.24, 2.45) is 0 Å². The molecule has 0 fully saturated rings. The number of carbonyl (C=O) groups is 1. The fourth-order valence-electron chi connectivity index (χ4n) is 1.84. The van der Waals surface area contributed by atoms with Crippen LogP contribution in [-0.2, 0) is 5.41 Å². The highest BCUT2D eigenvalue weighted by Crippen LogP contribution is 2.27. The molecule has 0 saturated carbocycles. The monoisotopic (exact) mass is 353 g/mol. The number of benzene rings is 1. The largest absolute Gasteiger partial charge is 0.507 e. The molecule has 0 atom stereocenters. The number of thiophene rings is 1. The lowest BCUT2D eigenvalue weighted by Gasteiger charge is -2.23. The minimum atomic E-state index is -0.270. The molecule has 0 aliphatic carbocycles. The van der Waals surface area contributed by atoms with Gasteiger partial charge in [0, 0.05) is 21.3 Å². The van der Waals surface area contributed by atoms with Crippen LogP contribution in [0, 0.1) is 0 Å². The lowest BCUT2D eigenvalue weighted by atomic mass is 9.91. The molecule has 0 aliphatic rings. The quantitative estimate of drug-likeness (QED) is 0.874. The summed E-state index contributed by atoms with van der Waals surface area (Å²) in [5, 5.41) is 14.6. The number of hydrogen-bond donors (Lipinski definition) is 2. The average molecular weight is 354 g/mol. The summed E-state index contributed by atoms with van der Waals surface area (Å²) < 4.78 is 0.762. The van der Waals surface area contributed by atoms with Gasteiger partial charge in [0.15, 0.2) is 0 Å². The Morgan fingerprint density at radius 1 is 1.40 bits per heavy atom. The van der Waals surface area contributed by atoms with Crippen LogP contribution < -0.4 is 5.32 Å². The van der Waals surface area contributed by atoms with E-state index in [0.29, 0.717) is 6.54 Å². The smallest absolute Gasteiger partial charge is 0.255 e. The zero-order valence-electron chi connectivity index (χ0n) is 11.3. The first kappa shape index (κ1) is 15.1. The number of nitrogens with one attached hydrogen (secondary N) is 1. The Bertz CT molecular complexity index is 608. The van der Waals surface area contributed by atoms with Gasteiger partial charge in [0.25, 0.3) is 5.91 Å². The first-order valence-corrected chi connectivity index (χ1v) is 7.88. The Labute approximate surface area is 130 Å². The van der Waals surface area contributed by atoms with E-state index in [4.69, 9.17) is 0 Å². The summed E-state index contributed by atoms with van der Waals surface area (Å²) in [5.74, 6) is -0.284. The van der Waals surface area contributed by atoms with Gasteiger partial charge in [-0.05, 0) is 29.6 Å². The number of phenols is 1. The van der Waals surface area contributed by atoms with Crippen LogP contribution in [-0.4, -0.2) is 17.6 Å². The van der Waals surface area contributed by atoms with E-state index in [-0.39, 0.29) is 22.6 Å². The lowest BCUT2D eigenvalue weighted by molar-refractivity contribution is 0.0943. The molecule has 0 bridgehead atoms. The van der Waals surface area contributed by atoms with Crippen LogP contribution in [0.15, 0.2) is 40.2 Å². The second-order valence-corrected chi connectivity index (χ2v) is 7.07. The molecule has 3 nitrogen and oxygen atoms in total. The van der Waals surface area contributed by atoms with E-state index in [2.05, 4.69) is 41.2 Å². The van der Waals surface area contributed by atoms with Crippen molar-refractivity contribution in [3.63, 3.8) is 0 Å². The van der Waals surface area contributed by atoms with Crippen LogP contribution in [0.4, 0.5) is 0 Å². The summed E-state index contributed by atoms with van der Waals surface area (Å²) in [7, 11) is 0. The predicted octanol–water partition coefficient (Wildman–Crippen LogP) is 3.92. The Kier molecular flexibility index (Phi) is 4.50. The topological polar surface area (TPSA) is 49.3 Å². The highest BCUT2D eigenvalue weighted by atomic mass is 79.9. The zero-order chi connectivity index (χ0) is 14.8. The van der Waals surface area contributed by atoms with Crippen molar-refractivity contribution in [3.8, 4) is 5.75 Å². The minimum absolute atomic E-state index is 0.0142. The highest BCUT2D eigenvalue weighted by Gasteiger charge is 2.23. The maximum atomic E-state index is 12.1. The molecule has 2 N–H and O–H groups in total. The number of halogens is 1. The summed E-state index contributed by atoms with van der Waals surface area (Å²) >= 11 is 4.97. The third-order valence-electron chi connectivity index (χ3n) is 3.08. The molecule has 2 rings (SSSR count). The number of hydrogen-bond acceptors (Lipinski definition) is 3. The molecule has 5 heteroatoms. The number of aromatic hydroxyl groups is 1. The van der Waals surface area contributed by atoms with Gasteiger partial charge in [-0.15, -0.1) is 11.3 Å². The molecular formula is C15H16BrNO2S. The first-order valence-electron chi connectivity index (χ1n) is 6.21. The molecule has 0 aliphatic heterocycles. The molecule has 0 saturated heterocycles. The summed E-state index contributed by atoms with van der Waals surface area (Å²) in [6.07, 6.45) is 0. The zero-order valence-corrected chi connectivity index (χ0v) is 13.7. The molecular weight excluding hydrogens is 338 g/mol. The minimum Gasteiger partial charge on any atom is -0.507 e. The van der Waals surface area contributed by atoms with Gasteiger partial charge in [-0.1, -0.05) is 35.8 Å². The average Bonchev–Trinajstić information content (AvgIpc) is 2.93. The molecule has 2 aromatic rings. The van der Waals surface area contributed by atoms with Crippen LogP contribution >= 0.6 is 27.3 Å². The first-order chi connectivity index (χ1) is 9.40. The van der Waals surface area contributed by atoms with E-state index in [1.54, 1.807) is 23.5 Å². The Balaban J connectivity index is 2.07. The Morgan fingerprint density at radius 3 is 2.80 bits per heavy atom. The lowest BCUT2D eigenvalue weighted by Crippen LogP contribution is -2.36. The van der Waals surface area contributed by atoms with Gasteiger partial charge >= 0.3 is 0 Å². The normalized spacial score (nSPS) is 11.3. The predicted molar refractivity (Wildman–Crippen MR) is 85.5 cm³/mol. The van der Waals surface area contributed by atoms with Gasteiger partial charge in [0.1, 0.15) is 5.75 Å². The van der Waals surface area contributed by atoms with Crippen molar-refractivity contribution in [3.05, 3.63) is 50.6 Å². The van der Waals surface area contributed by atoms with Crippen LogP contribution in [0.3, 0.4) is 0 Å². The Hall–Kier alpha value is -1.33. The fraction of sp³-hybridized carbons (Fsp3) is 0.267. The van der Waals surface area contributed by atoms with Crippen molar-refractivity contribution < 1.29 is 9.90 Å².